The van der Waals surface area contributed by atoms with Gasteiger partial charge in [0.2, 0.25) is 5.91 Å². The summed E-state index contributed by atoms with van der Waals surface area (Å²) >= 11 is 1.41. The maximum atomic E-state index is 12.3. The maximum absolute atomic E-state index is 12.3. The molecule has 6 nitrogen and oxygen atoms in total. The molecule has 1 heterocycles. The molecule has 0 radical (unpaired) electrons. The quantitative estimate of drug-likeness (QED) is 0.479. The Labute approximate surface area is 175 Å². The predicted octanol–water partition coefficient (Wildman–Crippen LogP) is 4.34. The standard InChI is InChI=1S/C22H25N3O3S/c1-4-13-28-20-11-7-18(8-12-20)16(2)23-24-22-25(21(26)15-29-22)14-17-5-9-19(27-3)10-6-17/h5-12H,4,13-15H2,1-3H3/b23-16+,24-22-. The lowest BCUT2D eigenvalue weighted by Crippen LogP contribution is -2.28. The summed E-state index contributed by atoms with van der Waals surface area (Å²) in [5.41, 5.74) is 2.76. The highest BCUT2D eigenvalue weighted by atomic mass is 32.2. The van der Waals surface area contributed by atoms with E-state index in [2.05, 4.69) is 17.1 Å². The van der Waals surface area contributed by atoms with Crippen LogP contribution in [0.3, 0.4) is 0 Å². The van der Waals surface area contributed by atoms with Crippen LogP contribution in [0.2, 0.25) is 0 Å². The molecule has 0 bridgehead atoms. The first-order valence-electron chi connectivity index (χ1n) is 9.52. The molecule has 0 atom stereocenters. The van der Waals surface area contributed by atoms with Gasteiger partial charge in [-0.3, -0.25) is 9.69 Å². The van der Waals surface area contributed by atoms with Crippen molar-refractivity contribution in [1.82, 2.24) is 4.90 Å². The fraction of sp³-hybridized carbons (Fsp3) is 0.318. The Balaban J connectivity index is 1.70. The first-order chi connectivity index (χ1) is 14.1. The first-order valence-corrected chi connectivity index (χ1v) is 10.5. The topological polar surface area (TPSA) is 63.5 Å². The highest BCUT2D eigenvalue weighted by Gasteiger charge is 2.28. The molecule has 0 aliphatic carbocycles. The molecule has 0 N–H and O–H groups in total. The van der Waals surface area contributed by atoms with E-state index in [1.807, 2.05) is 55.5 Å². The van der Waals surface area contributed by atoms with Crippen LogP contribution >= 0.6 is 11.8 Å². The van der Waals surface area contributed by atoms with E-state index < -0.39 is 0 Å². The van der Waals surface area contributed by atoms with Crippen LogP contribution < -0.4 is 9.47 Å². The number of hydrogen-bond donors (Lipinski definition) is 0. The van der Waals surface area contributed by atoms with Gasteiger partial charge in [0.15, 0.2) is 5.17 Å². The number of carbonyl (C=O) groups is 1. The molecule has 2 aromatic rings. The average molecular weight is 412 g/mol. The van der Waals surface area contributed by atoms with Crippen LogP contribution in [0, 0.1) is 0 Å². The minimum absolute atomic E-state index is 0.0369. The van der Waals surface area contributed by atoms with Crippen molar-refractivity contribution in [1.29, 1.82) is 0 Å². The van der Waals surface area contributed by atoms with Gasteiger partial charge in [-0.25, -0.2) is 0 Å². The molecule has 1 saturated heterocycles. The molecular weight excluding hydrogens is 386 g/mol. The third-order valence-corrected chi connectivity index (χ3v) is 5.34. The fourth-order valence-electron chi connectivity index (χ4n) is 2.73. The normalized spacial score (nSPS) is 15.8. The number of ether oxygens (including phenoxy) is 2. The van der Waals surface area contributed by atoms with Crippen molar-refractivity contribution in [2.75, 3.05) is 19.5 Å². The molecular formula is C22H25N3O3S. The van der Waals surface area contributed by atoms with E-state index in [4.69, 9.17) is 9.47 Å². The van der Waals surface area contributed by atoms with Crippen LogP contribution in [0.15, 0.2) is 58.7 Å². The zero-order chi connectivity index (χ0) is 20.6. The number of thioether (sulfide) groups is 1. The van der Waals surface area contributed by atoms with Crippen LogP contribution in [-0.2, 0) is 11.3 Å². The van der Waals surface area contributed by atoms with Gasteiger partial charge in [0, 0.05) is 0 Å². The summed E-state index contributed by atoms with van der Waals surface area (Å²) in [5, 5.41) is 9.32. The molecule has 152 valence electrons. The number of rotatable bonds is 8. The van der Waals surface area contributed by atoms with Crippen LogP contribution in [-0.4, -0.2) is 41.2 Å². The molecule has 1 aliphatic heterocycles. The summed E-state index contributed by atoms with van der Waals surface area (Å²) in [4.78, 5) is 14.0. The third-order valence-electron chi connectivity index (χ3n) is 4.39. The SMILES string of the molecule is CCCOc1ccc(/C(C)=N/N=C2\SCC(=O)N2Cc2ccc(OC)cc2)cc1. The van der Waals surface area contributed by atoms with Gasteiger partial charge in [0.1, 0.15) is 11.5 Å². The van der Waals surface area contributed by atoms with Crippen molar-refractivity contribution in [3.8, 4) is 11.5 Å². The van der Waals surface area contributed by atoms with Crippen molar-refractivity contribution < 1.29 is 14.3 Å². The molecule has 1 aliphatic rings. The van der Waals surface area contributed by atoms with E-state index in [0.717, 1.165) is 34.8 Å². The third kappa shape index (κ3) is 5.60. The van der Waals surface area contributed by atoms with Crippen LogP contribution in [0.4, 0.5) is 0 Å². The van der Waals surface area contributed by atoms with Gasteiger partial charge in [-0.1, -0.05) is 30.8 Å². The Morgan fingerprint density at radius 2 is 1.79 bits per heavy atom. The van der Waals surface area contributed by atoms with Crippen LogP contribution in [0.5, 0.6) is 11.5 Å². The maximum Gasteiger partial charge on any atom is 0.239 e. The van der Waals surface area contributed by atoms with Gasteiger partial charge >= 0.3 is 0 Å². The lowest BCUT2D eigenvalue weighted by atomic mass is 10.1. The number of nitrogens with zero attached hydrogens (tertiary/aromatic N) is 3. The average Bonchev–Trinajstić information content (AvgIpc) is 3.10. The minimum atomic E-state index is 0.0369. The highest BCUT2D eigenvalue weighted by molar-refractivity contribution is 8.15. The number of methoxy groups -OCH3 is 1. The van der Waals surface area contributed by atoms with Gasteiger partial charge in [-0.05, 0) is 60.9 Å². The Hall–Kier alpha value is -2.80. The smallest absolute Gasteiger partial charge is 0.239 e. The molecule has 0 unspecified atom stereocenters. The van der Waals surface area contributed by atoms with Crippen molar-refractivity contribution in [2.45, 2.75) is 26.8 Å². The number of amides is 1. The van der Waals surface area contributed by atoms with Gasteiger partial charge in [0.25, 0.3) is 0 Å². The van der Waals surface area contributed by atoms with E-state index in [9.17, 15) is 4.79 Å². The Kier molecular flexibility index (Phi) is 7.30. The minimum Gasteiger partial charge on any atom is -0.497 e. The Morgan fingerprint density at radius 1 is 1.10 bits per heavy atom. The molecule has 2 aromatic carbocycles. The largest absolute Gasteiger partial charge is 0.497 e. The van der Waals surface area contributed by atoms with Gasteiger partial charge < -0.3 is 9.47 Å². The molecule has 29 heavy (non-hydrogen) atoms. The summed E-state index contributed by atoms with van der Waals surface area (Å²) in [6.07, 6.45) is 0.975. The second-order valence-corrected chi connectivity index (χ2v) is 7.50. The lowest BCUT2D eigenvalue weighted by molar-refractivity contribution is -0.124. The molecule has 0 saturated carbocycles. The number of amidine groups is 1. The summed E-state index contributed by atoms with van der Waals surface area (Å²) in [6, 6.07) is 15.5. The summed E-state index contributed by atoms with van der Waals surface area (Å²) in [7, 11) is 1.63. The van der Waals surface area contributed by atoms with Gasteiger partial charge in [-0.15, -0.1) is 5.10 Å². The molecule has 0 spiro atoms. The fourth-order valence-corrected chi connectivity index (χ4v) is 3.56. The number of benzene rings is 2. The van der Waals surface area contributed by atoms with Crippen LogP contribution in [0.25, 0.3) is 0 Å². The second-order valence-electron chi connectivity index (χ2n) is 6.56. The van der Waals surface area contributed by atoms with Crippen molar-refractivity contribution in [3.63, 3.8) is 0 Å². The van der Waals surface area contributed by atoms with Crippen molar-refractivity contribution in [2.24, 2.45) is 10.2 Å². The number of hydrogen-bond acceptors (Lipinski definition) is 6. The first kappa shape index (κ1) is 20.9. The van der Waals surface area contributed by atoms with Gasteiger partial charge in [0.05, 0.1) is 31.7 Å². The molecule has 0 aromatic heterocycles. The number of carbonyl (C=O) groups excluding carboxylic acids is 1. The van der Waals surface area contributed by atoms with E-state index in [-0.39, 0.29) is 5.91 Å². The summed E-state index contributed by atoms with van der Waals surface area (Å²) in [6.45, 7) is 5.15. The lowest BCUT2D eigenvalue weighted by Gasteiger charge is -2.15. The predicted molar refractivity (Wildman–Crippen MR) is 118 cm³/mol. The van der Waals surface area contributed by atoms with Crippen molar-refractivity contribution >= 4 is 28.5 Å². The van der Waals surface area contributed by atoms with Crippen molar-refractivity contribution in [3.05, 3.63) is 59.7 Å². The monoisotopic (exact) mass is 411 g/mol. The van der Waals surface area contributed by atoms with E-state index in [1.54, 1.807) is 12.0 Å². The molecule has 7 heteroatoms. The highest BCUT2D eigenvalue weighted by Crippen LogP contribution is 2.23. The second kappa shape index (κ2) is 10.1. The summed E-state index contributed by atoms with van der Waals surface area (Å²) in [5.74, 6) is 2.05. The summed E-state index contributed by atoms with van der Waals surface area (Å²) < 4.78 is 10.8. The zero-order valence-corrected chi connectivity index (χ0v) is 17.7. The van der Waals surface area contributed by atoms with Crippen LogP contribution in [0.1, 0.15) is 31.4 Å². The molecule has 3 rings (SSSR count). The van der Waals surface area contributed by atoms with E-state index in [0.29, 0.717) is 24.1 Å². The molecule has 1 amide bonds. The Morgan fingerprint density at radius 3 is 2.45 bits per heavy atom. The van der Waals surface area contributed by atoms with Gasteiger partial charge in [-0.2, -0.15) is 5.10 Å². The Bertz CT molecular complexity index is 893. The molecule has 1 fully saturated rings. The van der Waals surface area contributed by atoms with E-state index >= 15 is 0 Å². The zero-order valence-electron chi connectivity index (χ0n) is 16.9. The van der Waals surface area contributed by atoms with E-state index in [1.165, 1.54) is 11.8 Å².